The first-order valence-electron chi connectivity index (χ1n) is 8.18. The van der Waals surface area contributed by atoms with Crippen LogP contribution in [0.3, 0.4) is 0 Å². The number of likely N-dealkylation sites (N-methyl/N-ethyl adjacent to an activating group) is 1. The number of hydrogen-bond donors (Lipinski definition) is 1. The van der Waals surface area contributed by atoms with Gasteiger partial charge in [-0.1, -0.05) is 24.3 Å². The molecular weight excluding hydrogens is 325 g/mol. The summed E-state index contributed by atoms with van der Waals surface area (Å²) in [5.41, 5.74) is 1.56. The second-order valence-electron chi connectivity index (χ2n) is 6.14. The van der Waals surface area contributed by atoms with Gasteiger partial charge in [0.1, 0.15) is 5.82 Å². The number of aliphatic hydroxyl groups excluding tert-OH is 1. The normalized spacial score (nSPS) is 14.1. The van der Waals surface area contributed by atoms with Gasteiger partial charge in [0.25, 0.3) is 0 Å². The average molecular weight is 347 g/mol. The Kier molecular flexibility index (Phi) is 5.86. The fraction of sp³-hybridized carbons (Fsp3) is 0.368. The van der Waals surface area contributed by atoms with Crippen LogP contribution in [0.1, 0.15) is 11.1 Å². The molecular formula is C19H22FNO4. The lowest BCUT2D eigenvalue weighted by Crippen LogP contribution is -2.31. The maximum absolute atomic E-state index is 13.5. The number of hydrogen-bond acceptors (Lipinski definition) is 5. The Labute approximate surface area is 146 Å². The van der Waals surface area contributed by atoms with Gasteiger partial charge in [0.15, 0.2) is 11.5 Å². The van der Waals surface area contributed by atoms with Gasteiger partial charge in [-0.05, 0) is 30.8 Å². The molecule has 0 radical (unpaired) electrons. The van der Waals surface area contributed by atoms with Crippen molar-refractivity contribution in [3.8, 4) is 11.5 Å². The van der Waals surface area contributed by atoms with Crippen LogP contribution < -0.4 is 9.47 Å². The van der Waals surface area contributed by atoms with E-state index in [-0.39, 0.29) is 25.8 Å². The highest BCUT2D eigenvalue weighted by molar-refractivity contribution is 5.44. The van der Waals surface area contributed by atoms with E-state index < -0.39 is 6.10 Å². The second kappa shape index (κ2) is 8.29. The molecule has 25 heavy (non-hydrogen) atoms. The highest BCUT2D eigenvalue weighted by Crippen LogP contribution is 2.32. The summed E-state index contributed by atoms with van der Waals surface area (Å²) in [6, 6.07) is 12.3. The molecule has 0 fully saturated rings. The van der Waals surface area contributed by atoms with Gasteiger partial charge in [-0.2, -0.15) is 0 Å². The van der Waals surface area contributed by atoms with E-state index in [1.54, 1.807) is 18.2 Å². The molecule has 2 aromatic rings. The number of fused-ring (bicyclic) bond motifs is 1. The zero-order chi connectivity index (χ0) is 17.6. The van der Waals surface area contributed by atoms with Crippen molar-refractivity contribution < 1.29 is 23.7 Å². The summed E-state index contributed by atoms with van der Waals surface area (Å²) in [5, 5.41) is 10.1. The van der Waals surface area contributed by atoms with Gasteiger partial charge < -0.3 is 19.3 Å². The Hall–Kier alpha value is -2.15. The molecule has 3 rings (SSSR count). The minimum atomic E-state index is -0.647. The van der Waals surface area contributed by atoms with E-state index in [1.165, 1.54) is 6.07 Å². The fourth-order valence-electron chi connectivity index (χ4n) is 2.75. The summed E-state index contributed by atoms with van der Waals surface area (Å²) in [5.74, 6) is 1.21. The maximum atomic E-state index is 13.5. The van der Waals surface area contributed by atoms with E-state index in [2.05, 4.69) is 0 Å². The quantitative estimate of drug-likeness (QED) is 0.795. The van der Waals surface area contributed by atoms with Crippen LogP contribution in [0.2, 0.25) is 0 Å². The van der Waals surface area contributed by atoms with Crippen molar-refractivity contribution >= 4 is 0 Å². The predicted octanol–water partition coefficient (Wildman–Crippen LogP) is 2.56. The minimum absolute atomic E-state index is 0.148. The van der Waals surface area contributed by atoms with Gasteiger partial charge in [-0.25, -0.2) is 4.39 Å². The van der Waals surface area contributed by atoms with Crippen LogP contribution in [-0.2, 0) is 17.9 Å². The highest BCUT2D eigenvalue weighted by atomic mass is 19.1. The molecule has 1 aliphatic rings. The number of halogens is 1. The van der Waals surface area contributed by atoms with Crippen molar-refractivity contribution in [2.45, 2.75) is 19.3 Å². The van der Waals surface area contributed by atoms with Crippen molar-refractivity contribution in [2.24, 2.45) is 0 Å². The van der Waals surface area contributed by atoms with Crippen LogP contribution >= 0.6 is 0 Å². The van der Waals surface area contributed by atoms with E-state index in [0.717, 1.165) is 17.1 Å². The molecule has 1 atom stereocenters. The van der Waals surface area contributed by atoms with Crippen LogP contribution in [0.25, 0.3) is 0 Å². The van der Waals surface area contributed by atoms with E-state index in [0.29, 0.717) is 18.7 Å². The Balaban J connectivity index is 1.41. The second-order valence-corrected chi connectivity index (χ2v) is 6.14. The monoisotopic (exact) mass is 347 g/mol. The van der Waals surface area contributed by atoms with E-state index in [1.807, 2.05) is 30.1 Å². The molecule has 6 heteroatoms. The largest absolute Gasteiger partial charge is 0.454 e. The van der Waals surface area contributed by atoms with Gasteiger partial charge in [0.2, 0.25) is 6.79 Å². The number of ether oxygens (including phenoxy) is 3. The molecule has 0 aliphatic carbocycles. The summed E-state index contributed by atoms with van der Waals surface area (Å²) < 4.78 is 29.6. The van der Waals surface area contributed by atoms with Gasteiger partial charge >= 0.3 is 0 Å². The van der Waals surface area contributed by atoms with Gasteiger partial charge in [-0.15, -0.1) is 0 Å². The molecule has 0 unspecified atom stereocenters. The van der Waals surface area contributed by atoms with Gasteiger partial charge in [0.05, 0.1) is 19.3 Å². The summed E-state index contributed by atoms with van der Waals surface area (Å²) in [4.78, 5) is 1.99. The standard InChI is InChI=1S/C19H22FNO4/c1-21(9-14-6-7-18-19(8-14)25-13-24-18)10-16(22)12-23-11-15-4-2-3-5-17(15)20/h2-8,16,22H,9-13H2,1H3/t16-/m0/s1. The smallest absolute Gasteiger partial charge is 0.231 e. The lowest BCUT2D eigenvalue weighted by Gasteiger charge is -2.20. The molecule has 0 saturated heterocycles. The zero-order valence-corrected chi connectivity index (χ0v) is 14.2. The van der Waals surface area contributed by atoms with Crippen LogP contribution in [-0.4, -0.2) is 43.1 Å². The van der Waals surface area contributed by atoms with Crippen molar-refractivity contribution in [1.29, 1.82) is 0 Å². The molecule has 1 N–H and O–H groups in total. The fourth-order valence-corrected chi connectivity index (χ4v) is 2.75. The van der Waals surface area contributed by atoms with Gasteiger partial charge in [0, 0.05) is 18.7 Å². The first-order chi connectivity index (χ1) is 12.1. The van der Waals surface area contributed by atoms with Crippen molar-refractivity contribution in [3.63, 3.8) is 0 Å². The number of benzene rings is 2. The summed E-state index contributed by atoms with van der Waals surface area (Å²) in [6.07, 6.45) is -0.647. The van der Waals surface area contributed by atoms with Crippen LogP contribution in [0.4, 0.5) is 4.39 Å². The molecule has 5 nitrogen and oxygen atoms in total. The molecule has 1 heterocycles. The molecule has 0 bridgehead atoms. The third kappa shape index (κ3) is 4.92. The summed E-state index contributed by atoms with van der Waals surface area (Å²) in [6.45, 7) is 1.68. The number of aliphatic hydroxyl groups is 1. The van der Waals surface area contributed by atoms with Crippen LogP contribution in [0.5, 0.6) is 11.5 Å². The number of nitrogens with zero attached hydrogens (tertiary/aromatic N) is 1. The topological polar surface area (TPSA) is 51.2 Å². The molecule has 2 aromatic carbocycles. The van der Waals surface area contributed by atoms with E-state index in [9.17, 15) is 9.50 Å². The molecule has 0 aromatic heterocycles. The molecule has 0 saturated carbocycles. The Morgan fingerprint density at radius 3 is 2.84 bits per heavy atom. The maximum Gasteiger partial charge on any atom is 0.231 e. The van der Waals surface area contributed by atoms with Crippen LogP contribution in [0, 0.1) is 5.82 Å². The SMILES string of the molecule is CN(Cc1ccc2c(c1)OCO2)C[C@H](O)COCc1ccccc1F. The number of rotatable bonds is 8. The summed E-state index contributed by atoms with van der Waals surface area (Å²) >= 11 is 0. The van der Waals surface area contributed by atoms with Crippen LogP contribution in [0.15, 0.2) is 42.5 Å². The van der Waals surface area contributed by atoms with E-state index >= 15 is 0 Å². The molecule has 0 spiro atoms. The Morgan fingerprint density at radius 1 is 1.20 bits per heavy atom. The average Bonchev–Trinajstić information content (AvgIpc) is 3.04. The van der Waals surface area contributed by atoms with Crippen molar-refractivity contribution in [2.75, 3.05) is 27.0 Å². The predicted molar refractivity (Wildman–Crippen MR) is 91.0 cm³/mol. The third-order valence-corrected chi connectivity index (χ3v) is 3.94. The highest BCUT2D eigenvalue weighted by Gasteiger charge is 2.15. The first kappa shape index (κ1) is 17.7. The molecule has 134 valence electrons. The molecule has 1 aliphatic heterocycles. The first-order valence-corrected chi connectivity index (χ1v) is 8.18. The minimum Gasteiger partial charge on any atom is -0.454 e. The van der Waals surface area contributed by atoms with Crippen molar-refractivity contribution in [1.82, 2.24) is 4.90 Å². The van der Waals surface area contributed by atoms with Crippen molar-refractivity contribution in [3.05, 3.63) is 59.4 Å². The lowest BCUT2D eigenvalue weighted by molar-refractivity contribution is 0.0119. The van der Waals surface area contributed by atoms with Gasteiger partial charge in [-0.3, -0.25) is 4.90 Å². The zero-order valence-electron chi connectivity index (χ0n) is 14.2. The Bertz CT molecular complexity index is 710. The Morgan fingerprint density at radius 2 is 2.00 bits per heavy atom. The lowest BCUT2D eigenvalue weighted by atomic mass is 10.2. The summed E-state index contributed by atoms with van der Waals surface area (Å²) in [7, 11) is 1.92. The third-order valence-electron chi connectivity index (χ3n) is 3.94. The van der Waals surface area contributed by atoms with E-state index in [4.69, 9.17) is 14.2 Å². The molecule has 0 amide bonds.